The standard InChI is InChI=1S/C13H24N2O3/c1-9(10-7-5-6-8-10)14-12(18)15(4)13(2,3)11(16)17/h9-10H,5-8H2,1-4H3,(H,14,18)(H,16,17). The maximum absolute atomic E-state index is 12.0. The average molecular weight is 256 g/mol. The second-order valence-corrected chi connectivity index (χ2v) is 5.71. The smallest absolute Gasteiger partial charge is 0.329 e. The molecule has 2 amide bonds. The molecule has 0 spiro atoms. The molecule has 0 aliphatic heterocycles. The van der Waals surface area contributed by atoms with E-state index in [4.69, 9.17) is 5.11 Å². The molecule has 0 aromatic rings. The van der Waals surface area contributed by atoms with Gasteiger partial charge in [0.1, 0.15) is 5.54 Å². The number of carboxylic acids is 1. The predicted octanol–water partition coefficient (Wildman–Crippen LogP) is 2.07. The van der Waals surface area contributed by atoms with Crippen molar-refractivity contribution in [2.45, 2.75) is 58.0 Å². The maximum Gasteiger partial charge on any atom is 0.329 e. The minimum absolute atomic E-state index is 0.104. The molecule has 2 N–H and O–H groups in total. The van der Waals surface area contributed by atoms with Gasteiger partial charge in [0.15, 0.2) is 0 Å². The molecule has 0 saturated heterocycles. The summed E-state index contributed by atoms with van der Waals surface area (Å²) in [6.07, 6.45) is 4.74. The lowest BCUT2D eigenvalue weighted by Gasteiger charge is -2.33. The first-order valence-corrected chi connectivity index (χ1v) is 6.54. The van der Waals surface area contributed by atoms with Crippen LogP contribution in [0, 0.1) is 5.92 Å². The Bertz CT molecular complexity index is 322. The van der Waals surface area contributed by atoms with Gasteiger partial charge in [-0.1, -0.05) is 12.8 Å². The molecule has 5 heteroatoms. The van der Waals surface area contributed by atoms with Crippen LogP contribution >= 0.6 is 0 Å². The lowest BCUT2D eigenvalue weighted by molar-refractivity contribution is -0.146. The van der Waals surface area contributed by atoms with Gasteiger partial charge in [-0.15, -0.1) is 0 Å². The number of urea groups is 1. The zero-order chi connectivity index (χ0) is 13.9. The van der Waals surface area contributed by atoms with E-state index in [1.54, 1.807) is 0 Å². The van der Waals surface area contributed by atoms with E-state index in [1.165, 1.54) is 38.6 Å². The third-order valence-corrected chi connectivity index (χ3v) is 4.12. The van der Waals surface area contributed by atoms with E-state index in [2.05, 4.69) is 5.32 Å². The molecule has 1 fully saturated rings. The highest BCUT2D eigenvalue weighted by atomic mass is 16.4. The van der Waals surface area contributed by atoms with Crippen LogP contribution in [-0.4, -0.2) is 40.6 Å². The van der Waals surface area contributed by atoms with Crippen LogP contribution in [0.3, 0.4) is 0 Å². The fourth-order valence-electron chi connectivity index (χ4n) is 2.26. The SMILES string of the molecule is CC(NC(=O)N(C)C(C)(C)C(=O)O)C1CCCC1. The zero-order valence-electron chi connectivity index (χ0n) is 11.7. The fourth-order valence-corrected chi connectivity index (χ4v) is 2.26. The van der Waals surface area contributed by atoms with Crippen LogP contribution in [0.25, 0.3) is 0 Å². The number of hydrogen-bond acceptors (Lipinski definition) is 2. The van der Waals surface area contributed by atoms with Crippen molar-refractivity contribution < 1.29 is 14.7 Å². The summed E-state index contributed by atoms with van der Waals surface area (Å²) in [5, 5.41) is 12.0. The van der Waals surface area contributed by atoms with E-state index in [-0.39, 0.29) is 12.1 Å². The zero-order valence-corrected chi connectivity index (χ0v) is 11.7. The average Bonchev–Trinajstić information content (AvgIpc) is 2.80. The highest BCUT2D eigenvalue weighted by Crippen LogP contribution is 2.27. The lowest BCUT2D eigenvalue weighted by atomic mass is 10.00. The van der Waals surface area contributed by atoms with Gasteiger partial charge < -0.3 is 15.3 Å². The normalized spacial score (nSPS) is 18.4. The van der Waals surface area contributed by atoms with E-state index < -0.39 is 11.5 Å². The Labute approximate surface area is 109 Å². The number of aliphatic carboxylic acids is 1. The van der Waals surface area contributed by atoms with Crippen LogP contribution in [0.15, 0.2) is 0 Å². The molecule has 1 atom stereocenters. The van der Waals surface area contributed by atoms with Gasteiger partial charge in [0.05, 0.1) is 0 Å². The highest BCUT2D eigenvalue weighted by Gasteiger charge is 2.36. The van der Waals surface area contributed by atoms with Crippen LogP contribution in [0.2, 0.25) is 0 Å². The minimum Gasteiger partial charge on any atom is -0.480 e. The summed E-state index contributed by atoms with van der Waals surface area (Å²) < 4.78 is 0. The summed E-state index contributed by atoms with van der Waals surface area (Å²) in [4.78, 5) is 24.4. The maximum atomic E-state index is 12.0. The molecule has 18 heavy (non-hydrogen) atoms. The number of amides is 2. The van der Waals surface area contributed by atoms with Gasteiger partial charge in [-0.3, -0.25) is 0 Å². The van der Waals surface area contributed by atoms with Crippen molar-refractivity contribution in [1.82, 2.24) is 10.2 Å². The lowest BCUT2D eigenvalue weighted by Crippen LogP contribution is -2.56. The molecule has 0 aromatic carbocycles. The van der Waals surface area contributed by atoms with Crippen molar-refractivity contribution in [3.8, 4) is 0 Å². The summed E-state index contributed by atoms with van der Waals surface area (Å²) in [7, 11) is 1.52. The quantitative estimate of drug-likeness (QED) is 0.809. The summed E-state index contributed by atoms with van der Waals surface area (Å²) in [6, 6.07) is -0.214. The molecule has 104 valence electrons. The first kappa shape index (κ1) is 14.8. The van der Waals surface area contributed by atoms with Gasteiger partial charge >= 0.3 is 12.0 Å². The number of nitrogens with zero attached hydrogens (tertiary/aromatic N) is 1. The van der Waals surface area contributed by atoms with Crippen LogP contribution in [0.4, 0.5) is 4.79 Å². The third-order valence-electron chi connectivity index (χ3n) is 4.12. The molecule has 0 aromatic heterocycles. The van der Waals surface area contributed by atoms with Gasteiger partial charge in [-0.25, -0.2) is 9.59 Å². The van der Waals surface area contributed by atoms with E-state index in [0.717, 1.165) is 12.8 Å². The van der Waals surface area contributed by atoms with Crippen molar-refractivity contribution in [1.29, 1.82) is 0 Å². The molecule has 1 aliphatic carbocycles. The topological polar surface area (TPSA) is 69.6 Å². The van der Waals surface area contributed by atoms with Crippen molar-refractivity contribution in [2.24, 2.45) is 5.92 Å². The molecule has 5 nitrogen and oxygen atoms in total. The number of nitrogens with one attached hydrogen (secondary N) is 1. The van der Waals surface area contributed by atoms with E-state index in [1.807, 2.05) is 6.92 Å². The predicted molar refractivity (Wildman–Crippen MR) is 69.4 cm³/mol. The summed E-state index contributed by atoms with van der Waals surface area (Å²) in [5.74, 6) is -0.482. The van der Waals surface area contributed by atoms with E-state index >= 15 is 0 Å². The molecular weight excluding hydrogens is 232 g/mol. The minimum atomic E-state index is -1.19. The Kier molecular flexibility index (Phi) is 4.59. The largest absolute Gasteiger partial charge is 0.480 e. The van der Waals surface area contributed by atoms with Gasteiger partial charge in [-0.2, -0.15) is 0 Å². The van der Waals surface area contributed by atoms with Crippen LogP contribution in [-0.2, 0) is 4.79 Å². The van der Waals surface area contributed by atoms with E-state index in [9.17, 15) is 9.59 Å². The number of carbonyl (C=O) groups is 2. The molecule has 0 radical (unpaired) electrons. The second-order valence-electron chi connectivity index (χ2n) is 5.71. The molecule has 1 aliphatic rings. The van der Waals surface area contributed by atoms with Gasteiger partial charge in [-0.05, 0) is 39.5 Å². The molecule has 1 rings (SSSR count). The Hall–Kier alpha value is -1.26. The first-order valence-electron chi connectivity index (χ1n) is 6.54. The van der Waals surface area contributed by atoms with Crippen molar-refractivity contribution in [3.63, 3.8) is 0 Å². The Morgan fingerprint density at radius 2 is 1.83 bits per heavy atom. The van der Waals surface area contributed by atoms with Crippen molar-refractivity contribution >= 4 is 12.0 Å². The Morgan fingerprint density at radius 1 is 1.33 bits per heavy atom. The van der Waals surface area contributed by atoms with Crippen LogP contribution in [0.5, 0.6) is 0 Å². The number of rotatable bonds is 4. The van der Waals surface area contributed by atoms with Crippen LogP contribution < -0.4 is 5.32 Å². The second kappa shape index (κ2) is 5.59. The van der Waals surface area contributed by atoms with Gasteiger partial charge in [0.2, 0.25) is 0 Å². The summed E-state index contributed by atoms with van der Waals surface area (Å²) >= 11 is 0. The first-order chi connectivity index (χ1) is 8.26. The molecule has 1 saturated carbocycles. The Morgan fingerprint density at radius 3 is 2.28 bits per heavy atom. The summed E-state index contributed by atoms with van der Waals surface area (Å²) in [6.45, 7) is 5.04. The Balaban J connectivity index is 2.56. The van der Waals surface area contributed by atoms with E-state index in [0.29, 0.717) is 5.92 Å². The highest BCUT2D eigenvalue weighted by molar-refractivity contribution is 5.85. The number of likely N-dealkylation sites (N-methyl/N-ethyl adjacent to an activating group) is 1. The third kappa shape index (κ3) is 3.15. The van der Waals surface area contributed by atoms with Crippen molar-refractivity contribution in [2.75, 3.05) is 7.05 Å². The van der Waals surface area contributed by atoms with Gasteiger partial charge in [0.25, 0.3) is 0 Å². The van der Waals surface area contributed by atoms with Crippen LogP contribution in [0.1, 0.15) is 46.5 Å². The number of carboxylic acid groups (broad SMARTS) is 1. The molecule has 0 heterocycles. The monoisotopic (exact) mass is 256 g/mol. The van der Waals surface area contributed by atoms with Crippen molar-refractivity contribution in [3.05, 3.63) is 0 Å². The molecule has 1 unspecified atom stereocenters. The number of carbonyl (C=O) groups excluding carboxylic acids is 1. The fraction of sp³-hybridized carbons (Fsp3) is 0.846. The number of hydrogen-bond donors (Lipinski definition) is 2. The molecular formula is C13H24N2O3. The van der Waals surface area contributed by atoms with Gasteiger partial charge in [0, 0.05) is 13.1 Å². The molecule has 0 bridgehead atoms. The summed E-state index contributed by atoms with van der Waals surface area (Å²) in [5.41, 5.74) is -1.19.